The third-order valence-electron chi connectivity index (χ3n) is 4.36. The van der Waals surface area contributed by atoms with Gasteiger partial charge in [0, 0.05) is 6.42 Å². The first-order chi connectivity index (χ1) is 15.1. The van der Waals surface area contributed by atoms with Crippen LogP contribution in [-0.4, -0.2) is 75.9 Å². The summed E-state index contributed by atoms with van der Waals surface area (Å²) in [5.74, 6) is -8.20. The van der Waals surface area contributed by atoms with E-state index in [4.69, 9.17) is 27.4 Å². The van der Waals surface area contributed by atoms with E-state index in [0.717, 1.165) is 0 Å². The van der Waals surface area contributed by atoms with Crippen molar-refractivity contribution in [3.8, 4) is 0 Å². The molecule has 33 heavy (non-hydrogen) atoms. The van der Waals surface area contributed by atoms with Crippen molar-refractivity contribution in [2.45, 2.75) is 63.7 Å². The van der Waals surface area contributed by atoms with Crippen LogP contribution < -0.4 is 33.2 Å². The molecule has 11 N–H and O–H groups in total. The van der Waals surface area contributed by atoms with Gasteiger partial charge in [-0.3, -0.25) is 28.8 Å². The van der Waals surface area contributed by atoms with Gasteiger partial charge in [0.05, 0.1) is 18.9 Å². The zero-order valence-corrected chi connectivity index (χ0v) is 18.2. The van der Waals surface area contributed by atoms with Gasteiger partial charge in [-0.1, -0.05) is 13.8 Å². The maximum atomic E-state index is 12.7. The molecule has 0 radical (unpaired) electrons. The van der Waals surface area contributed by atoms with Crippen LogP contribution in [0.5, 0.6) is 0 Å². The fourth-order valence-corrected chi connectivity index (χ4v) is 2.46. The van der Waals surface area contributed by atoms with Crippen molar-refractivity contribution >= 4 is 41.5 Å². The molecule has 186 valence electrons. The van der Waals surface area contributed by atoms with E-state index in [2.05, 4.69) is 10.6 Å². The highest BCUT2D eigenvalue weighted by Crippen LogP contribution is 2.04. The Labute approximate surface area is 188 Å². The lowest BCUT2D eigenvalue weighted by Gasteiger charge is -2.25. The minimum atomic E-state index is -1.83. The molecule has 0 heterocycles. The zero-order valence-electron chi connectivity index (χ0n) is 18.2. The van der Waals surface area contributed by atoms with E-state index in [1.54, 1.807) is 13.8 Å². The fourth-order valence-electron chi connectivity index (χ4n) is 2.46. The lowest BCUT2D eigenvalue weighted by atomic mass is 10.0. The SMILES string of the molecule is CC(C)C(N)C(=O)NC(CC(N)=O)C(=O)NC(CCC(N)=O)C(=O)NC(CC(=O)O)C(=O)O. The van der Waals surface area contributed by atoms with Crippen molar-refractivity contribution in [2.24, 2.45) is 23.1 Å². The Morgan fingerprint density at radius 2 is 1.21 bits per heavy atom. The molecule has 0 aliphatic carbocycles. The van der Waals surface area contributed by atoms with Crippen molar-refractivity contribution < 1.29 is 43.8 Å². The monoisotopic (exact) mass is 474 g/mol. The molecule has 0 saturated carbocycles. The van der Waals surface area contributed by atoms with E-state index in [9.17, 15) is 33.6 Å². The summed E-state index contributed by atoms with van der Waals surface area (Å²) in [6, 6.07) is -5.92. The Morgan fingerprint density at radius 3 is 1.64 bits per heavy atom. The number of carboxylic acid groups (broad SMARTS) is 2. The summed E-state index contributed by atoms with van der Waals surface area (Å²) in [5, 5.41) is 24.3. The molecule has 0 aromatic carbocycles. The van der Waals surface area contributed by atoms with Gasteiger partial charge in [-0.25, -0.2) is 4.79 Å². The molecule has 4 atom stereocenters. The predicted molar refractivity (Wildman–Crippen MR) is 111 cm³/mol. The van der Waals surface area contributed by atoms with Crippen molar-refractivity contribution in [2.75, 3.05) is 0 Å². The van der Waals surface area contributed by atoms with E-state index in [1.165, 1.54) is 0 Å². The van der Waals surface area contributed by atoms with Crippen LogP contribution in [0.4, 0.5) is 0 Å². The quantitative estimate of drug-likeness (QED) is 0.114. The molecule has 0 aromatic heterocycles. The van der Waals surface area contributed by atoms with Gasteiger partial charge >= 0.3 is 11.9 Å². The second-order valence-corrected chi connectivity index (χ2v) is 7.56. The number of primary amides is 2. The van der Waals surface area contributed by atoms with Crippen LogP contribution in [0.2, 0.25) is 0 Å². The van der Waals surface area contributed by atoms with Crippen molar-refractivity contribution in [1.29, 1.82) is 0 Å². The van der Waals surface area contributed by atoms with E-state index in [-0.39, 0.29) is 12.3 Å². The van der Waals surface area contributed by atoms with E-state index in [0.29, 0.717) is 0 Å². The Bertz CT molecular complexity index is 785. The van der Waals surface area contributed by atoms with Gasteiger partial charge in [0.15, 0.2) is 0 Å². The Kier molecular flexibility index (Phi) is 12.1. The van der Waals surface area contributed by atoms with Crippen molar-refractivity contribution in [3.05, 3.63) is 0 Å². The van der Waals surface area contributed by atoms with Crippen molar-refractivity contribution in [1.82, 2.24) is 16.0 Å². The number of nitrogens with one attached hydrogen (secondary N) is 3. The average molecular weight is 474 g/mol. The van der Waals surface area contributed by atoms with Crippen molar-refractivity contribution in [3.63, 3.8) is 0 Å². The van der Waals surface area contributed by atoms with Crippen LogP contribution in [0, 0.1) is 5.92 Å². The highest BCUT2D eigenvalue weighted by Gasteiger charge is 2.32. The third kappa shape index (κ3) is 11.4. The molecule has 0 fully saturated rings. The molecule has 0 aliphatic heterocycles. The van der Waals surface area contributed by atoms with Crippen LogP contribution >= 0.6 is 0 Å². The predicted octanol–water partition coefficient (Wildman–Crippen LogP) is -3.88. The Morgan fingerprint density at radius 1 is 0.727 bits per heavy atom. The molecule has 0 rings (SSSR count). The summed E-state index contributed by atoms with van der Waals surface area (Å²) < 4.78 is 0. The van der Waals surface area contributed by atoms with E-state index in [1.807, 2.05) is 5.32 Å². The molecular formula is C18H30N6O9. The molecule has 0 saturated heterocycles. The zero-order chi connectivity index (χ0) is 25.9. The summed E-state index contributed by atoms with van der Waals surface area (Å²) in [7, 11) is 0. The lowest BCUT2D eigenvalue weighted by molar-refractivity contribution is -0.147. The molecule has 0 bridgehead atoms. The number of hydrogen-bond acceptors (Lipinski definition) is 8. The van der Waals surface area contributed by atoms with Crippen LogP contribution in [0.3, 0.4) is 0 Å². The average Bonchev–Trinajstić information content (AvgIpc) is 2.67. The van der Waals surface area contributed by atoms with Crippen LogP contribution in [0.25, 0.3) is 0 Å². The molecular weight excluding hydrogens is 444 g/mol. The normalized spacial score (nSPS) is 14.3. The number of amides is 5. The topological polar surface area (TPSA) is 274 Å². The minimum absolute atomic E-state index is 0.307. The molecule has 0 spiro atoms. The number of carbonyl (C=O) groups excluding carboxylic acids is 5. The van der Waals surface area contributed by atoms with E-state index < -0.39 is 84.9 Å². The standard InChI is InChI=1S/C18H30N6O9/c1-7(2)14(21)17(31)23-9(5-12(20)26)16(30)22-8(3-4-11(19)25)15(29)24-10(18(32)33)6-13(27)28/h7-10,14H,3-6,21H2,1-2H3,(H2,19,25)(H2,20,26)(H,22,30)(H,23,31)(H,24,29)(H,27,28)(H,32,33). The summed E-state index contributed by atoms with van der Waals surface area (Å²) in [5.41, 5.74) is 15.9. The second-order valence-electron chi connectivity index (χ2n) is 7.56. The van der Waals surface area contributed by atoms with Gasteiger partial charge in [0.2, 0.25) is 29.5 Å². The number of hydrogen-bond donors (Lipinski definition) is 8. The summed E-state index contributed by atoms with van der Waals surface area (Å²) in [4.78, 5) is 81.9. The Balaban J connectivity index is 5.63. The minimum Gasteiger partial charge on any atom is -0.481 e. The molecule has 0 aromatic rings. The third-order valence-corrected chi connectivity index (χ3v) is 4.36. The smallest absolute Gasteiger partial charge is 0.326 e. The van der Waals surface area contributed by atoms with Gasteiger partial charge in [-0.15, -0.1) is 0 Å². The highest BCUT2D eigenvalue weighted by molar-refractivity contribution is 5.96. The number of aliphatic carboxylic acids is 2. The number of rotatable bonds is 15. The maximum absolute atomic E-state index is 12.7. The number of carboxylic acids is 2. The summed E-state index contributed by atoms with van der Waals surface area (Å²) in [6.07, 6.45) is -2.39. The molecule has 5 amide bonds. The highest BCUT2D eigenvalue weighted by atomic mass is 16.4. The van der Waals surface area contributed by atoms with Crippen LogP contribution in [0.1, 0.15) is 39.5 Å². The second kappa shape index (κ2) is 13.6. The molecule has 15 heteroatoms. The van der Waals surface area contributed by atoms with Gasteiger partial charge in [-0.05, 0) is 12.3 Å². The molecule has 15 nitrogen and oxygen atoms in total. The molecule has 4 unspecified atom stereocenters. The maximum Gasteiger partial charge on any atom is 0.326 e. The molecule has 0 aliphatic rings. The largest absolute Gasteiger partial charge is 0.481 e. The first kappa shape index (κ1) is 29.2. The van der Waals surface area contributed by atoms with Gasteiger partial charge < -0.3 is 43.4 Å². The first-order valence-corrected chi connectivity index (χ1v) is 9.83. The van der Waals surface area contributed by atoms with Crippen LogP contribution in [0.15, 0.2) is 0 Å². The number of carbonyl (C=O) groups is 7. The summed E-state index contributed by atoms with van der Waals surface area (Å²) in [6.45, 7) is 3.29. The summed E-state index contributed by atoms with van der Waals surface area (Å²) >= 11 is 0. The first-order valence-electron chi connectivity index (χ1n) is 9.83. The van der Waals surface area contributed by atoms with Gasteiger partial charge in [-0.2, -0.15) is 0 Å². The Hall–Kier alpha value is -3.75. The van der Waals surface area contributed by atoms with Gasteiger partial charge in [0.25, 0.3) is 0 Å². The van der Waals surface area contributed by atoms with Crippen LogP contribution in [-0.2, 0) is 33.6 Å². The number of nitrogens with two attached hydrogens (primary N) is 3. The van der Waals surface area contributed by atoms with Gasteiger partial charge in [0.1, 0.15) is 18.1 Å². The van der Waals surface area contributed by atoms with E-state index >= 15 is 0 Å². The lowest BCUT2D eigenvalue weighted by Crippen LogP contribution is -2.58. The fraction of sp³-hybridized carbons (Fsp3) is 0.611.